The van der Waals surface area contributed by atoms with Crippen LogP contribution < -0.4 is 5.32 Å². The zero-order valence-electron chi connectivity index (χ0n) is 10.4. The lowest BCUT2D eigenvalue weighted by molar-refractivity contribution is -0.393. The highest BCUT2D eigenvalue weighted by Crippen LogP contribution is 2.33. The number of aromatic carboxylic acids is 1. The molecule has 1 unspecified atom stereocenters. The second-order valence-electron chi connectivity index (χ2n) is 3.92. The molecule has 114 valence electrons. The van der Waals surface area contributed by atoms with E-state index in [1.54, 1.807) is 0 Å². The third-order valence-electron chi connectivity index (χ3n) is 2.47. The van der Waals surface area contributed by atoms with Gasteiger partial charge in [-0.3, -0.25) is 20.2 Å². The third kappa shape index (κ3) is 3.84. The van der Waals surface area contributed by atoms with E-state index in [9.17, 15) is 30.1 Å². The van der Waals surface area contributed by atoms with Crippen molar-refractivity contribution >= 4 is 23.0 Å². The first-order chi connectivity index (χ1) is 9.77. The fraction of sp³-hybridized carbons (Fsp3) is 0.300. The number of hydrogen-bond acceptors (Lipinski definition) is 8. The van der Waals surface area contributed by atoms with Crippen LogP contribution in [0.25, 0.3) is 0 Å². The van der Waals surface area contributed by atoms with Crippen LogP contribution in [0.2, 0.25) is 0 Å². The Morgan fingerprint density at radius 2 is 1.90 bits per heavy atom. The number of benzene rings is 1. The minimum atomic E-state index is -1.61. The van der Waals surface area contributed by atoms with Crippen molar-refractivity contribution in [2.75, 3.05) is 18.5 Å². The van der Waals surface area contributed by atoms with Gasteiger partial charge >= 0.3 is 5.97 Å². The molecule has 0 saturated carbocycles. The Labute approximate surface area is 116 Å². The Morgan fingerprint density at radius 3 is 2.33 bits per heavy atom. The lowest BCUT2D eigenvalue weighted by Crippen LogP contribution is -2.24. The van der Waals surface area contributed by atoms with Crippen LogP contribution in [0.4, 0.5) is 17.1 Å². The van der Waals surface area contributed by atoms with Gasteiger partial charge in [-0.1, -0.05) is 0 Å². The molecule has 1 aromatic carbocycles. The van der Waals surface area contributed by atoms with Crippen LogP contribution in [0.1, 0.15) is 10.4 Å². The van der Waals surface area contributed by atoms with E-state index in [0.717, 1.165) is 0 Å². The minimum absolute atomic E-state index is 0.366. The number of aliphatic hydroxyl groups is 2. The number of anilines is 1. The van der Waals surface area contributed by atoms with Crippen molar-refractivity contribution in [3.63, 3.8) is 0 Å². The van der Waals surface area contributed by atoms with Gasteiger partial charge in [0.25, 0.3) is 11.4 Å². The number of rotatable bonds is 7. The van der Waals surface area contributed by atoms with Gasteiger partial charge in [-0.05, 0) is 0 Å². The first-order valence-electron chi connectivity index (χ1n) is 5.50. The molecule has 0 aromatic heterocycles. The SMILES string of the molecule is O=C(O)c1cc([N+](=O)[O-])cc([N+](=O)[O-])c1NCC(O)CO. The average molecular weight is 301 g/mol. The summed E-state index contributed by atoms with van der Waals surface area (Å²) in [6.45, 7) is -1.01. The highest BCUT2D eigenvalue weighted by Gasteiger charge is 2.27. The fourth-order valence-corrected chi connectivity index (χ4v) is 1.50. The van der Waals surface area contributed by atoms with E-state index in [4.69, 9.17) is 10.2 Å². The number of hydrogen-bond donors (Lipinski definition) is 4. The van der Waals surface area contributed by atoms with Gasteiger partial charge in [-0.2, -0.15) is 0 Å². The van der Waals surface area contributed by atoms with Crippen molar-refractivity contribution in [2.24, 2.45) is 0 Å². The van der Waals surface area contributed by atoms with Crippen LogP contribution in [0.15, 0.2) is 12.1 Å². The molecular weight excluding hydrogens is 290 g/mol. The molecule has 0 heterocycles. The number of carboxylic acids is 1. The number of carboxylic acid groups (broad SMARTS) is 1. The summed E-state index contributed by atoms with van der Waals surface area (Å²) >= 11 is 0. The number of carbonyl (C=O) groups is 1. The van der Waals surface area contributed by atoms with Crippen molar-refractivity contribution in [3.05, 3.63) is 37.9 Å². The second kappa shape index (κ2) is 6.58. The topological polar surface area (TPSA) is 176 Å². The van der Waals surface area contributed by atoms with Crippen molar-refractivity contribution in [2.45, 2.75) is 6.10 Å². The number of aliphatic hydroxyl groups excluding tert-OH is 2. The van der Waals surface area contributed by atoms with E-state index < -0.39 is 51.2 Å². The summed E-state index contributed by atoms with van der Waals surface area (Å²) in [6, 6.07) is 1.28. The molecule has 11 nitrogen and oxygen atoms in total. The van der Waals surface area contributed by atoms with E-state index in [1.165, 1.54) is 0 Å². The molecule has 0 spiro atoms. The van der Waals surface area contributed by atoms with E-state index >= 15 is 0 Å². The van der Waals surface area contributed by atoms with Crippen molar-refractivity contribution in [1.29, 1.82) is 0 Å². The van der Waals surface area contributed by atoms with Gasteiger partial charge in [-0.15, -0.1) is 0 Å². The lowest BCUT2D eigenvalue weighted by Gasteiger charge is -2.12. The molecule has 0 amide bonds. The Bertz CT molecular complexity index is 553. The molecule has 4 N–H and O–H groups in total. The molecular formula is C10H11N3O8. The van der Waals surface area contributed by atoms with Gasteiger partial charge in [0.2, 0.25) is 0 Å². The summed E-state index contributed by atoms with van der Waals surface area (Å²) in [5.74, 6) is -1.61. The Morgan fingerprint density at radius 1 is 1.29 bits per heavy atom. The zero-order valence-corrected chi connectivity index (χ0v) is 10.4. The second-order valence-corrected chi connectivity index (χ2v) is 3.92. The van der Waals surface area contributed by atoms with Gasteiger partial charge in [-0.25, -0.2) is 4.79 Å². The molecule has 0 aliphatic rings. The van der Waals surface area contributed by atoms with Gasteiger partial charge in [0.05, 0.1) is 34.2 Å². The lowest BCUT2D eigenvalue weighted by atomic mass is 10.1. The van der Waals surface area contributed by atoms with E-state index in [1.807, 2.05) is 0 Å². The summed E-state index contributed by atoms with van der Waals surface area (Å²) in [5, 5.41) is 50.7. The molecule has 0 fully saturated rings. The van der Waals surface area contributed by atoms with Crippen molar-refractivity contribution in [1.82, 2.24) is 0 Å². The normalized spacial score (nSPS) is 11.7. The van der Waals surface area contributed by atoms with Crippen molar-refractivity contribution < 1.29 is 30.0 Å². The Kier molecular flexibility index (Phi) is 5.10. The van der Waals surface area contributed by atoms with Crippen LogP contribution in [-0.2, 0) is 0 Å². The maximum absolute atomic E-state index is 11.1. The van der Waals surface area contributed by atoms with Crippen LogP contribution in [0, 0.1) is 20.2 Å². The highest BCUT2D eigenvalue weighted by atomic mass is 16.6. The molecule has 0 bridgehead atoms. The summed E-state index contributed by atoms with van der Waals surface area (Å²) < 4.78 is 0. The molecule has 0 radical (unpaired) electrons. The molecule has 11 heteroatoms. The number of nitro groups is 2. The molecule has 21 heavy (non-hydrogen) atoms. The van der Waals surface area contributed by atoms with E-state index in [-0.39, 0.29) is 6.54 Å². The first kappa shape index (κ1) is 16.3. The third-order valence-corrected chi connectivity index (χ3v) is 2.47. The van der Waals surface area contributed by atoms with Crippen LogP contribution >= 0.6 is 0 Å². The van der Waals surface area contributed by atoms with Crippen LogP contribution in [0.5, 0.6) is 0 Å². The number of nitrogens with one attached hydrogen (secondary N) is 1. The summed E-state index contributed by atoms with van der Waals surface area (Å²) in [4.78, 5) is 30.8. The highest BCUT2D eigenvalue weighted by molar-refractivity contribution is 5.98. The van der Waals surface area contributed by atoms with Crippen molar-refractivity contribution in [3.8, 4) is 0 Å². The Balaban J connectivity index is 3.39. The molecule has 0 saturated heterocycles. The fourth-order valence-electron chi connectivity index (χ4n) is 1.50. The summed E-state index contributed by atoms with van der Waals surface area (Å²) in [6.07, 6.45) is -1.28. The van der Waals surface area contributed by atoms with E-state index in [2.05, 4.69) is 5.32 Å². The zero-order chi connectivity index (χ0) is 16.2. The molecule has 0 aliphatic carbocycles. The summed E-state index contributed by atoms with van der Waals surface area (Å²) in [5.41, 5.74) is -2.72. The largest absolute Gasteiger partial charge is 0.478 e. The maximum atomic E-state index is 11.1. The molecule has 1 rings (SSSR count). The smallest absolute Gasteiger partial charge is 0.338 e. The standard InChI is InChI=1S/C10H11N3O8/c14-4-6(15)3-11-9-7(10(16)17)1-5(12(18)19)2-8(9)13(20)21/h1-2,6,11,14-15H,3-4H2,(H,16,17). The summed E-state index contributed by atoms with van der Waals surface area (Å²) in [7, 11) is 0. The predicted molar refractivity (Wildman–Crippen MR) is 68.3 cm³/mol. The monoisotopic (exact) mass is 301 g/mol. The average Bonchev–Trinajstić information content (AvgIpc) is 2.43. The minimum Gasteiger partial charge on any atom is -0.478 e. The maximum Gasteiger partial charge on any atom is 0.338 e. The number of non-ortho nitro benzene ring substituents is 1. The quantitative estimate of drug-likeness (QED) is 0.397. The number of nitro benzene ring substituents is 2. The molecule has 1 aromatic rings. The number of nitrogens with zero attached hydrogens (tertiary/aromatic N) is 2. The van der Waals surface area contributed by atoms with E-state index in [0.29, 0.717) is 12.1 Å². The molecule has 1 atom stereocenters. The Hall–Kier alpha value is -2.79. The first-order valence-corrected chi connectivity index (χ1v) is 5.50. The van der Waals surface area contributed by atoms with Gasteiger partial charge in [0.1, 0.15) is 5.69 Å². The van der Waals surface area contributed by atoms with Crippen LogP contribution in [-0.4, -0.2) is 50.4 Å². The molecule has 0 aliphatic heterocycles. The predicted octanol–water partition coefficient (Wildman–Crippen LogP) is -0.0337. The van der Waals surface area contributed by atoms with Crippen LogP contribution in [0.3, 0.4) is 0 Å². The van der Waals surface area contributed by atoms with Gasteiger partial charge in [0, 0.05) is 12.6 Å². The van der Waals surface area contributed by atoms with Gasteiger partial charge in [0.15, 0.2) is 0 Å². The van der Waals surface area contributed by atoms with Gasteiger partial charge < -0.3 is 20.6 Å².